The molecule has 0 bridgehead atoms. The number of benzene rings is 8. The topological polar surface area (TPSA) is 0 Å². The van der Waals surface area contributed by atoms with E-state index >= 15 is 0 Å². The predicted octanol–water partition coefficient (Wildman–Crippen LogP) is 13.2. The monoisotopic (exact) mass is 652 g/mol. The quantitative estimate of drug-likeness (QED) is 0.182. The van der Waals surface area contributed by atoms with Crippen molar-refractivity contribution in [3.63, 3.8) is 0 Å². The second-order valence-corrected chi connectivity index (χ2v) is 14.2. The lowest BCUT2D eigenvalue weighted by Gasteiger charge is -2.40. The van der Waals surface area contributed by atoms with Crippen molar-refractivity contribution in [1.29, 1.82) is 0 Å². The third kappa shape index (κ3) is 4.34. The first-order valence-electron chi connectivity index (χ1n) is 17.3. The zero-order valence-electron chi connectivity index (χ0n) is 27.4. The van der Waals surface area contributed by atoms with Crippen LogP contribution in [-0.4, -0.2) is 0 Å². The lowest BCUT2D eigenvalue weighted by molar-refractivity contribution is 0.723. The molecule has 0 saturated carbocycles. The van der Waals surface area contributed by atoms with E-state index in [4.69, 9.17) is 0 Å². The van der Waals surface area contributed by atoms with E-state index in [1.807, 2.05) is 11.8 Å². The van der Waals surface area contributed by atoms with Crippen molar-refractivity contribution >= 4 is 11.8 Å². The predicted molar refractivity (Wildman–Crippen MR) is 210 cm³/mol. The summed E-state index contributed by atoms with van der Waals surface area (Å²) in [5.41, 5.74) is 17.6. The van der Waals surface area contributed by atoms with Gasteiger partial charge >= 0.3 is 0 Å². The van der Waals surface area contributed by atoms with Gasteiger partial charge in [0, 0.05) is 9.79 Å². The van der Waals surface area contributed by atoms with E-state index in [1.54, 1.807) is 0 Å². The minimum Gasteiger partial charge on any atom is -0.0888 e. The van der Waals surface area contributed by atoms with Crippen molar-refractivity contribution in [2.45, 2.75) is 15.2 Å². The SMILES string of the molecule is c1ccc(-c2ccc(-c3ccccc3)c(-c3cccc(-c4cccc5c4Sc4ccccc4C54c5ccccc5-c5ccccc54)c3)c2)cc1. The van der Waals surface area contributed by atoms with Gasteiger partial charge in [-0.3, -0.25) is 0 Å². The third-order valence-electron chi connectivity index (χ3n) is 10.6. The Balaban J connectivity index is 1.20. The second-order valence-electron chi connectivity index (χ2n) is 13.2. The molecule has 1 aliphatic heterocycles. The molecular formula is C49H32S. The van der Waals surface area contributed by atoms with Crippen LogP contribution in [0, 0.1) is 0 Å². The van der Waals surface area contributed by atoms with Crippen molar-refractivity contribution in [3.05, 3.63) is 216 Å². The summed E-state index contributed by atoms with van der Waals surface area (Å²) in [7, 11) is 0. The molecule has 0 amide bonds. The van der Waals surface area contributed by atoms with Crippen molar-refractivity contribution in [1.82, 2.24) is 0 Å². The molecule has 0 aromatic heterocycles. The molecule has 234 valence electrons. The van der Waals surface area contributed by atoms with Crippen LogP contribution in [0.2, 0.25) is 0 Å². The molecule has 8 aromatic rings. The molecule has 1 heteroatoms. The minimum absolute atomic E-state index is 0.386. The molecule has 0 atom stereocenters. The Labute approximate surface area is 297 Å². The fourth-order valence-corrected chi connectivity index (χ4v) is 9.75. The van der Waals surface area contributed by atoms with Crippen LogP contribution in [0.3, 0.4) is 0 Å². The van der Waals surface area contributed by atoms with Gasteiger partial charge in [0.05, 0.1) is 5.41 Å². The van der Waals surface area contributed by atoms with Crippen molar-refractivity contribution < 1.29 is 0 Å². The molecule has 0 N–H and O–H groups in total. The highest BCUT2D eigenvalue weighted by atomic mass is 32.2. The standard InChI is InChI=1S/C49H32S/c1-3-15-33(16-4-1)35-29-30-38(34-17-5-2-6-18-34)42(32-35)37-20-13-19-36(31-37)39-23-14-27-46-48(39)50-47-28-12-11-26-45(47)49(46)43-24-9-7-21-40(43)41-22-8-10-25-44(41)49/h1-32H. The first-order chi connectivity index (χ1) is 24.8. The highest BCUT2D eigenvalue weighted by molar-refractivity contribution is 7.99. The Morgan fingerprint density at radius 2 is 0.800 bits per heavy atom. The largest absolute Gasteiger partial charge is 0.0888 e. The van der Waals surface area contributed by atoms with Crippen molar-refractivity contribution in [2.24, 2.45) is 0 Å². The highest BCUT2D eigenvalue weighted by Gasteiger charge is 2.50. The molecule has 0 radical (unpaired) electrons. The summed E-state index contributed by atoms with van der Waals surface area (Å²) in [6.07, 6.45) is 0. The van der Waals surface area contributed by atoms with Gasteiger partial charge in [-0.2, -0.15) is 0 Å². The number of hydrogen-bond donors (Lipinski definition) is 0. The summed E-state index contributed by atoms with van der Waals surface area (Å²) >= 11 is 1.92. The first kappa shape index (κ1) is 29.1. The summed E-state index contributed by atoms with van der Waals surface area (Å²) in [4.78, 5) is 2.65. The van der Waals surface area contributed by atoms with E-state index < -0.39 is 0 Å². The first-order valence-corrected chi connectivity index (χ1v) is 18.1. The van der Waals surface area contributed by atoms with Crippen LogP contribution in [0.5, 0.6) is 0 Å². The van der Waals surface area contributed by atoms with Gasteiger partial charge in [-0.1, -0.05) is 188 Å². The van der Waals surface area contributed by atoms with E-state index in [-0.39, 0.29) is 5.41 Å². The maximum atomic E-state index is 2.40. The maximum absolute atomic E-state index is 2.40. The van der Waals surface area contributed by atoms with Gasteiger partial charge in [-0.15, -0.1) is 0 Å². The molecule has 50 heavy (non-hydrogen) atoms. The maximum Gasteiger partial charge on any atom is 0.0735 e. The Morgan fingerprint density at radius 3 is 1.52 bits per heavy atom. The molecule has 0 fully saturated rings. The molecule has 8 aromatic carbocycles. The lowest BCUT2D eigenvalue weighted by Crippen LogP contribution is -2.32. The van der Waals surface area contributed by atoms with Crippen LogP contribution in [0.25, 0.3) is 55.6 Å². The normalized spacial score (nSPS) is 13.3. The molecule has 2 aliphatic rings. The van der Waals surface area contributed by atoms with E-state index in [9.17, 15) is 0 Å². The summed E-state index contributed by atoms with van der Waals surface area (Å²) in [6.45, 7) is 0. The van der Waals surface area contributed by atoms with Crippen LogP contribution in [-0.2, 0) is 5.41 Å². The third-order valence-corrected chi connectivity index (χ3v) is 11.8. The highest BCUT2D eigenvalue weighted by Crippen LogP contribution is 2.63. The van der Waals surface area contributed by atoms with Crippen LogP contribution in [0.1, 0.15) is 22.3 Å². The fourth-order valence-electron chi connectivity index (χ4n) is 8.42. The average molecular weight is 653 g/mol. The molecule has 10 rings (SSSR count). The fraction of sp³-hybridized carbons (Fsp3) is 0.0204. The summed E-state index contributed by atoms with van der Waals surface area (Å²) in [5, 5.41) is 0. The van der Waals surface area contributed by atoms with Gasteiger partial charge in [0.1, 0.15) is 0 Å². The number of rotatable bonds is 4. The van der Waals surface area contributed by atoms with E-state index in [0.717, 1.165) is 0 Å². The van der Waals surface area contributed by atoms with Gasteiger partial charge in [0.15, 0.2) is 0 Å². The Kier molecular flexibility index (Phi) is 6.75. The van der Waals surface area contributed by atoms with Crippen LogP contribution >= 0.6 is 11.8 Å². The lowest BCUT2D eigenvalue weighted by atomic mass is 9.67. The Morgan fingerprint density at radius 1 is 0.280 bits per heavy atom. The van der Waals surface area contributed by atoms with Crippen molar-refractivity contribution in [2.75, 3.05) is 0 Å². The zero-order chi connectivity index (χ0) is 33.1. The molecule has 0 saturated heterocycles. The van der Waals surface area contributed by atoms with E-state index in [0.29, 0.717) is 0 Å². The molecule has 0 unspecified atom stereocenters. The molecule has 1 aliphatic carbocycles. The number of fused-ring (bicyclic) bond motifs is 9. The minimum atomic E-state index is -0.386. The van der Waals surface area contributed by atoms with Gasteiger partial charge in [-0.25, -0.2) is 0 Å². The Hall–Kier alpha value is -5.89. The summed E-state index contributed by atoms with van der Waals surface area (Å²) in [6, 6.07) is 71.6. The number of hydrogen-bond acceptors (Lipinski definition) is 1. The van der Waals surface area contributed by atoms with Gasteiger partial charge in [-0.05, 0) is 96.1 Å². The van der Waals surface area contributed by atoms with E-state index in [1.165, 1.54) is 87.7 Å². The second kappa shape index (κ2) is 11.6. The summed E-state index contributed by atoms with van der Waals surface area (Å²) in [5.74, 6) is 0. The van der Waals surface area contributed by atoms with Crippen LogP contribution < -0.4 is 0 Å². The van der Waals surface area contributed by atoms with Gasteiger partial charge < -0.3 is 0 Å². The molecular weight excluding hydrogens is 621 g/mol. The van der Waals surface area contributed by atoms with Gasteiger partial charge in [0.25, 0.3) is 0 Å². The van der Waals surface area contributed by atoms with Crippen molar-refractivity contribution in [3.8, 4) is 55.6 Å². The van der Waals surface area contributed by atoms with E-state index in [2.05, 4.69) is 194 Å². The molecule has 1 heterocycles. The van der Waals surface area contributed by atoms with Crippen LogP contribution in [0.15, 0.2) is 204 Å². The Bertz CT molecular complexity index is 2520. The zero-order valence-corrected chi connectivity index (χ0v) is 28.2. The average Bonchev–Trinajstić information content (AvgIpc) is 3.49. The molecule has 1 spiro atoms. The smallest absolute Gasteiger partial charge is 0.0735 e. The van der Waals surface area contributed by atoms with Crippen LogP contribution in [0.4, 0.5) is 0 Å². The molecule has 0 nitrogen and oxygen atoms in total. The summed E-state index contributed by atoms with van der Waals surface area (Å²) < 4.78 is 0. The van der Waals surface area contributed by atoms with Gasteiger partial charge in [0.2, 0.25) is 0 Å².